The number of nitrogens with zero attached hydrogens (tertiary/aromatic N) is 2. The molecule has 10 rings (SSSR count). The van der Waals surface area contributed by atoms with E-state index in [-0.39, 0.29) is 0 Å². The van der Waals surface area contributed by atoms with Crippen LogP contribution in [0, 0.1) is 23.7 Å². The Hall–Kier alpha value is -3.54. The third-order valence-electron chi connectivity index (χ3n) is 11.8. The van der Waals surface area contributed by atoms with E-state index in [1.807, 2.05) is 0 Å². The van der Waals surface area contributed by atoms with Crippen molar-refractivity contribution in [1.29, 1.82) is 0 Å². The van der Waals surface area contributed by atoms with Crippen molar-refractivity contribution >= 4 is 33.6 Å². The first-order valence-corrected chi connectivity index (χ1v) is 16.5. The number of amides is 2. The van der Waals surface area contributed by atoms with Gasteiger partial charge in [-0.15, -0.1) is 0 Å². The Morgan fingerprint density at radius 2 is 1.00 bits per heavy atom. The first-order valence-electron chi connectivity index (χ1n) is 16.5. The summed E-state index contributed by atoms with van der Waals surface area (Å²) in [6, 6.07) is 17.8. The molecule has 2 aromatic heterocycles. The molecule has 2 saturated carbocycles. The lowest BCUT2D eigenvalue weighted by Gasteiger charge is -2.33. The van der Waals surface area contributed by atoms with E-state index in [2.05, 4.69) is 68.3 Å². The summed E-state index contributed by atoms with van der Waals surface area (Å²) in [6.07, 6.45) is 11.7. The van der Waals surface area contributed by atoms with E-state index in [1.54, 1.807) is 0 Å². The Morgan fingerprint density at radius 1 is 0.571 bits per heavy atom. The lowest BCUT2D eigenvalue weighted by Crippen LogP contribution is -2.35. The summed E-state index contributed by atoms with van der Waals surface area (Å²) in [7, 11) is 0. The van der Waals surface area contributed by atoms with Crippen molar-refractivity contribution < 1.29 is 9.59 Å². The van der Waals surface area contributed by atoms with Crippen molar-refractivity contribution in [2.24, 2.45) is 23.7 Å². The van der Waals surface area contributed by atoms with Crippen molar-refractivity contribution in [1.82, 2.24) is 19.8 Å². The molecule has 6 nitrogen and oxygen atoms in total. The van der Waals surface area contributed by atoms with Crippen molar-refractivity contribution in [3.8, 4) is 0 Å². The van der Waals surface area contributed by atoms with Crippen molar-refractivity contribution in [2.75, 3.05) is 13.1 Å². The zero-order valence-electron chi connectivity index (χ0n) is 24.3. The highest BCUT2D eigenvalue weighted by Gasteiger charge is 2.52. The molecule has 0 spiro atoms. The zero-order valence-corrected chi connectivity index (χ0v) is 24.3. The molecule has 6 aliphatic rings. The molecule has 42 heavy (non-hydrogen) atoms. The Labute approximate surface area is 246 Å². The Bertz CT molecular complexity index is 1590. The minimum Gasteiger partial charge on any atom is -0.356 e. The van der Waals surface area contributed by atoms with Crippen LogP contribution in [0.4, 0.5) is 0 Å². The van der Waals surface area contributed by atoms with Crippen LogP contribution in [0.3, 0.4) is 0 Å². The van der Waals surface area contributed by atoms with Crippen LogP contribution in [0.25, 0.3) is 21.8 Å². The molecule has 6 heteroatoms. The van der Waals surface area contributed by atoms with Gasteiger partial charge in [-0.05, 0) is 73.6 Å². The first kappa shape index (κ1) is 25.0. The molecule has 2 N–H and O–H groups in total. The topological polar surface area (TPSA) is 72.2 Å². The molecular formula is C36H40N4O2. The van der Waals surface area contributed by atoms with Crippen molar-refractivity contribution in [3.63, 3.8) is 0 Å². The number of nitrogens with one attached hydrogen (secondary N) is 2. The fourth-order valence-corrected chi connectivity index (χ4v) is 10.0. The van der Waals surface area contributed by atoms with Crippen molar-refractivity contribution in [2.45, 2.75) is 76.3 Å². The maximum Gasteiger partial charge on any atom is 0.226 e. The molecule has 0 bridgehead atoms. The van der Waals surface area contributed by atoms with Gasteiger partial charge in [0, 0.05) is 58.1 Å². The number of aromatic amines is 2. The van der Waals surface area contributed by atoms with E-state index in [1.165, 1.54) is 82.8 Å². The number of hydrogen-bond acceptors (Lipinski definition) is 2. The molecule has 2 saturated heterocycles. The van der Waals surface area contributed by atoms with Crippen LogP contribution in [0.1, 0.15) is 86.0 Å². The van der Waals surface area contributed by atoms with Gasteiger partial charge < -0.3 is 19.8 Å². The first-order chi connectivity index (χ1) is 20.7. The molecule has 2 aliphatic carbocycles. The van der Waals surface area contributed by atoms with E-state index >= 15 is 0 Å². The highest BCUT2D eigenvalue weighted by atomic mass is 16.2. The van der Waals surface area contributed by atoms with Gasteiger partial charge in [0.15, 0.2) is 0 Å². The third-order valence-corrected chi connectivity index (χ3v) is 11.8. The van der Waals surface area contributed by atoms with Crippen LogP contribution < -0.4 is 0 Å². The molecule has 0 radical (unpaired) electrons. The number of hydrogen-bond donors (Lipinski definition) is 2. The van der Waals surface area contributed by atoms with Gasteiger partial charge in [0.05, 0.1) is 12.1 Å². The van der Waals surface area contributed by atoms with E-state index in [0.29, 0.717) is 47.6 Å². The number of benzene rings is 2. The lowest BCUT2D eigenvalue weighted by molar-refractivity contribution is -0.133. The summed E-state index contributed by atoms with van der Waals surface area (Å²) in [5.74, 6) is 2.52. The van der Waals surface area contributed by atoms with E-state index in [0.717, 1.165) is 38.8 Å². The van der Waals surface area contributed by atoms with Gasteiger partial charge in [0.25, 0.3) is 0 Å². The average molecular weight is 561 g/mol. The standard InChI is InChI=1S/2C18H20N2O/c2*21-18-14-7-2-1-6-13(14)17-16-12(9-10-20(17)18)11-5-3-4-8-15(11)19-16/h2*3-5,8,13-14,17,19H,1-2,6-7,9-10H2/t2*13-,14+,17+/m10/s1. The number of fused-ring (bicyclic) bond motifs is 14. The normalized spacial score (nSPS) is 31.1. The molecule has 216 valence electrons. The second-order valence-electron chi connectivity index (χ2n) is 13.7. The van der Waals surface area contributed by atoms with Gasteiger partial charge in [-0.25, -0.2) is 0 Å². The van der Waals surface area contributed by atoms with Gasteiger partial charge in [0.1, 0.15) is 0 Å². The molecular weight excluding hydrogens is 520 g/mol. The number of carbonyl (C=O) groups is 2. The van der Waals surface area contributed by atoms with Crippen LogP contribution in [0.5, 0.6) is 0 Å². The van der Waals surface area contributed by atoms with Gasteiger partial charge in [-0.3, -0.25) is 9.59 Å². The highest BCUT2D eigenvalue weighted by molar-refractivity contribution is 5.89. The molecule has 0 unspecified atom stereocenters. The Morgan fingerprint density at radius 3 is 1.48 bits per heavy atom. The molecule has 4 aliphatic heterocycles. The summed E-state index contributed by atoms with van der Waals surface area (Å²) in [6.45, 7) is 1.82. The predicted molar refractivity (Wildman–Crippen MR) is 164 cm³/mol. The van der Waals surface area contributed by atoms with Crippen LogP contribution in [0.15, 0.2) is 48.5 Å². The molecule has 2 aromatic carbocycles. The minimum absolute atomic E-state index is 0.293. The Kier molecular flexibility index (Phi) is 5.65. The second-order valence-corrected chi connectivity index (χ2v) is 13.7. The predicted octanol–water partition coefficient (Wildman–Crippen LogP) is 6.83. The summed E-state index contributed by atoms with van der Waals surface area (Å²) < 4.78 is 0. The quantitative estimate of drug-likeness (QED) is 0.248. The molecule has 6 atom stereocenters. The monoisotopic (exact) mass is 560 g/mol. The fraction of sp³-hybridized carbons (Fsp3) is 0.500. The van der Waals surface area contributed by atoms with Gasteiger partial charge >= 0.3 is 0 Å². The lowest BCUT2D eigenvalue weighted by atomic mass is 9.76. The Balaban J connectivity index is 0.000000119. The maximum atomic E-state index is 12.7. The fourth-order valence-electron chi connectivity index (χ4n) is 10.0. The third kappa shape index (κ3) is 3.50. The number of carbonyl (C=O) groups excluding carboxylic acids is 2. The van der Waals surface area contributed by atoms with E-state index in [4.69, 9.17) is 0 Å². The molecule has 6 heterocycles. The summed E-state index contributed by atoms with van der Waals surface area (Å²) >= 11 is 0. The van der Waals surface area contributed by atoms with Crippen LogP contribution in [-0.4, -0.2) is 44.7 Å². The van der Waals surface area contributed by atoms with Gasteiger partial charge in [0.2, 0.25) is 11.8 Å². The molecule has 4 aromatic rings. The van der Waals surface area contributed by atoms with E-state index in [9.17, 15) is 9.59 Å². The number of H-pyrrole nitrogens is 2. The number of para-hydroxylation sites is 2. The largest absolute Gasteiger partial charge is 0.356 e. The van der Waals surface area contributed by atoms with Crippen molar-refractivity contribution in [3.05, 3.63) is 71.0 Å². The molecule has 2 amide bonds. The molecule has 4 fully saturated rings. The average Bonchev–Trinajstić information content (AvgIpc) is 3.76. The van der Waals surface area contributed by atoms with Crippen LogP contribution in [0.2, 0.25) is 0 Å². The summed E-state index contributed by atoms with van der Waals surface area (Å²) in [5, 5.41) is 2.72. The second kappa shape index (κ2) is 9.48. The van der Waals surface area contributed by atoms with Gasteiger partial charge in [-0.2, -0.15) is 0 Å². The van der Waals surface area contributed by atoms with Crippen LogP contribution >= 0.6 is 0 Å². The van der Waals surface area contributed by atoms with Crippen LogP contribution in [-0.2, 0) is 22.4 Å². The van der Waals surface area contributed by atoms with E-state index < -0.39 is 0 Å². The highest BCUT2D eigenvalue weighted by Crippen LogP contribution is 2.53. The maximum absolute atomic E-state index is 12.7. The summed E-state index contributed by atoms with van der Waals surface area (Å²) in [4.78, 5) is 37.1. The van der Waals surface area contributed by atoms with Gasteiger partial charge in [-0.1, -0.05) is 62.1 Å². The SMILES string of the molecule is O=C1[C@@H]2CCCC[C@@H]2[C@@H]2c3[nH]c4ccccc4c3CCN12.O=C1[C@H]2CCCC[C@H]2[C@H]2c3[nH]c4ccccc4c3CCN12. The minimum atomic E-state index is 0.293. The number of rotatable bonds is 0. The zero-order chi connectivity index (χ0) is 27.9. The smallest absolute Gasteiger partial charge is 0.226 e. The number of aromatic nitrogens is 2. The summed E-state index contributed by atoms with van der Waals surface area (Å²) in [5.41, 5.74) is 8.07.